The minimum atomic E-state index is -0.376. The van der Waals surface area contributed by atoms with E-state index in [-0.39, 0.29) is 24.4 Å². The third-order valence-corrected chi connectivity index (χ3v) is 2.73. The number of ether oxygens (including phenoxy) is 1. The summed E-state index contributed by atoms with van der Waals surface area (Å²) in [6.07, 6.45) is 6.01. The van der Waals surface area contributed by atoms with Gasteiger partial charge in [-0.15, -0.1) is 0 Å². The molecular formula is C13H25NO3. The lowest BCUT2D eigenvalue weighted by Crippen LogP contribution is -2.37. The molecule has 4 heteroatoms. The first kappa shape index (κ1) is 16.1. The second-order valence-corrected chi connectivity index (χ2v) is 4.30. The average molecular weight is 243 g/mol. The van der Waals surface area contributed by atoms with Gasteiger partial charge in [0.1, 0.15) is 18.4 Å². The fraction of sp³-hybridized carbons (Fsp3) is 0.846. The summed E-state index contributed by atoms with van der Waals surface area (Å²) in [4.78, 5) is 22.4. The van der Waals surface area contributed by atoms with Gasteiger partial charge in [-0.2, -0.15) is 0 Å². The van der Waals surface area contributed by atoms with Crippen LogP contribution >= 0.6 is 0 Å². The summed E-state index contributed by atoms with van der Waals surface area (Å²) in [6, 6.07) is -0.376. The van der Waals surface area contributed by atoms with E-state index in [2.05, 4.69) is 12.2 Å². The van der Waals surface area contributed by atoms with Crippen LogP contribution in [0.3, 0.4) is 0 Å². The molecule has 0 bridgehead atoms. The summed E-state index contributed by atoms with van der Waals surface area (Å²) in [5.41, 5.74) is 0. The Kier molecular flexibility index (Phi) is 9.72. The minimum Gasteiger partial charge on any atom is -0.464 e. The summed E-state index contributed by atoms with van der Waals surface area (Å²) in [5, 5.41) is 2.81. The predicted molar refractivity (Wildman–Crippen MR) is 67.9 cm³/mol. The minimum absolute atomic E-state index is 0.0109. The third kappa shape index (κ3) is 8.86. The zero-order valence-electron chi connectivity index (χ0n) is 11.3. The van der Waals surface area contributed by atoms with E-state index in [0.717, 1.165) is 12.8 Å². The molecule has 0 aliphatic heterocycles. The fourth-order valence-corrected chi connectivity index (χ4v) is 1.53. The van der Waals surface area contributed by atoms with Crippen molar-refractivity contribution in [2.75, 3.05) is 13.7 Å². The highest BCUT2D eigenvalue weighted by molar-refractivity contribution is 5.82. The van der Waals surface area contributed by atoms with Gasteiger partial charge >= 0.3 is 5.97 Å². The first-order chi connectivity index (χ1) is 8.11. The van der Waals surface area contributed by atoms with E-state index in [1.54, 1.807) is 7.05 Å². The van der Waals surface area contributed by atoms with E-state index in [0.29, 0.717) is 6.42 Å². The molecular weight excluding hydrogens is 218 g/mol. The monoisotopic (exact) mass is 243 g/mol. The van der Waals surface area contributed by atoms with E-state index >= 15 is 0 Å². The molecule has 0 heterocycles. The van der Waals surface area contributed by atoms with E-state index in [9.17, 15) is 9.59 Å². The smallest absolute Gasteiger partial charge is 0.305 e. The van der Waals surface area contributed by atoms with Crippen molar-refractivity contribution >= 4 is 11.8 Å². The maximum Gasteiger partial charge on any atom is 0.305 e. The first-order valence-electron chi connectivity index (χ1n) is 6.45. The Bertz CT molecular complexity index is 229. The quantitative estimate of drug-likeness (QED) is 0.471. The van der Waals surface area contributed by atoms with Crippen LogP contribution in [-0.2, 0) is 14.3 Å². The van der Waals surface area contributed by atoms with Gasteiger partial charge < -0.3 is 10.1 Å². The van der Waals surface area contributed by atoms with Gasteiger partial charge in [-0.25, -0.2) is 0 Å². The SMILES string of the molecule is CCCCCCCC(=O)OC[C@H](NC)C(C)=O. The van der Waals surface area contributed by atoms with E-state index in [4.69, 9.17) is 4.74 Å². The van der Waals surface area contributed by atoms with Gasteiger partial charge in [0.25, 0.3) is 0 Å². The number of rotatable bonds is 10. The van der Waals surface area contributed by atoms with Crippen LogP contribution in [0.15, 0.2) is 0 Å². The van der Waals surface area contributed by atoms with Gasteiger partial charge in [0.05, 0.1) is 0 Å². The second-order valence-electron chi connectivity index (χ2n) is 4.30. The summed E-state index contributed by atoms with van der Waals surface area (Å²) in [7, 11) is 1.69. The molecule has 1 N–H and O–H groups in total. The molecule has 0 radical (unpaired) electrons. The highest BCUT2D eigenvalue weighted by atomic mass is 16.5. The number of unbranched alkanes of at least 4 members (excludes halogenated alkanes) is 4. The third-order valence-electron chi connectivity index (χ3n) is 2.73. The lowest BCUT2D eigenvalue weighted by atomic mass is 10.1. The van der Waals surface area contributed by atoms with Crippen molar-refractivity contribution in [3.63, 3.8) is 0 Å². The van der Waals surface area contributed by atoms with E-state index in [1.807, 2.05) is 0 Å². The molecule has 17 heavy (non-hydrogen) atoms. The molecule has 0 aromatic rings. The Labute approximate surface area is 104 Å². The highest BCUT2D eigenvalue weighted by Crippen LogP contribution is 2.05. The van der Waals surface area contributed by atoms with Crippen LogP contribution in [-0.4, -0.2) is 31.4 Å². The van der Waals surface area contributed by atoms with Crippen molar-refractivity contribution in [1.82, 2.24) is 5.32 Å². The van der Waals surface area contributed by atoms with Crippen LogP contribution < -0.4 is 5.32 Å². The Morgan fingerprint density at radius 3 is 2.35 bits per heavy atom. The van der Waals surface area contributed by atoms with Crippen molar-refractivity contribution in [3.05, 3.63) is 0 Å². The van der Waals surface area contributed by atoms with E-state index < -0.39 is 0 Å². The van der Waals surface area contributed by atoms with Crippen molar-refractivity contribution in [3.8, 4) is 0 Å². The average Bonchev–Trinajstić information content (AvgIpc) is 2.29. The molecule has 0 unspecified atom stereocenters. The first-order valence-corrected chi connectivity index (χ1v) is 6.45. The summed E-state index contributed by atoms with van der Waals surface area (Å²) >= 11 is 0. The molecule has 0 aromatic heterocycles. The molecule has 0 saturated heterocycles. The Morgan fingerprint density at radius 1 is 1.18 bits per heavy atom. The van der Waals surface area contributed by atoms with Gasteiger partial charge in [-0.1, -0.05) is 32.6 Å². The number of hydrogen-bond donors (Lipinski definition) is 1. The van der Waals surface area contributed by atoms with Crippen LogP contribution in [0.2, 0.25) is 0 Å². The molecule has 100 valence electrons. The molecule has 0 aliphatic carbocycles. The zero-order valence-corrected chi connectivity index (χ0v) is 11.3. The standard InChI is InChI=1S/C13H25NO3/c1-4-5-6-7-8-9-13(16)17-10-12(14-3)11(2)15/h12,14H,4-10H2,1-3H3/t12-/m0/s1. The molecule has 4 nitrogen and oxygen atoms in total. The summed E-state index contributed by atoms with van der Waals surface area (Å²) < 4.78 is 5.04. The van der Waals surface area contributed by atoms with Crippen LogP contribution in [0, 0.1) is 0 Å². The molecule has 0 amide bonds. The van der Waals surface area contributed by atoms with Crippen LogP contribution in [0.1, 0.15) is 52.4 Å². The Morgan fingerprint density at radius 2 is 1.82 bits per heavy atom. The Balaban J connectivity index is 3.55. The van der Waals surface area contributed by atoms with Gasteiger partial charge in [-0.05, 0) is 20.4 Å². The lowest BCUT2D eigenvalue weighted by Gasteiger charge is -2.12. The van der Waals surface area contributed by atoms with Gasteiger partial charge in [0.15, 0.2) is 0 Å². The van der Waals surface area contributed by atoms with Crippen molar-refractivity contribution in [2.45, 2.75) is 58.4 Å². The maximum absolute atomic E-state index is 11.4. The Hall–Kier alpha value is -0.900. The number of carbonyl (C=O) groups excluding carboxylic acids is 2. The van der Waals surface area contributed by atoms with Crippen LogP contribution in [0.5, 0.6) is 0 Å². The molecule has 0 rings (SSSR count). The molecule has 0 aromatic carbocycles. The van der Waals surface area contributed by atoms with Crippen LogP contribution in [0.4, 0.5) is 0 Å². The largest absolute Gasteiger partial charge is 0.464 e. The van der Waals surface area contributed by atoms with Crippen molar-refractivity contribution in [2.24, 2.45) is 0 Å². The molecule has 1 atom stereocenters. The topological polar surface area (TPSA) is 55.4 Å². The molecule has 0 spiro atoms. The van der Waals surface area contributed by atoms with Crippen LogP contribution in [0.25, 0.3) is 0 Å². The number of likely N-dealkylation sites (N-methyl/N-ethyl adjacent to an activating group) is 1. The number of Topliss-reactive ketones (excluding diaryl/α,β-unsaturated/α-hetero) is 1. The van der Waals surface area contributed by atoms with E-state index in [1.165, 1.54) is 26.2 Å². The number of nitrogens with one attached hydrogen (secondary N) is 1. The molecule has 0 aliphatic rings. The number of hydrogen-bond acceptors (Lipinski definition) is 4. The second kappa shape index (κ2) is 10.3. The van der Waals surface area contributed by atoms with Crippen molar-refractivity contribution in [1.29, 1.82) is 0 Å². The zero-order chi connectivity index (χ0) is 13.1. The summed E-state index contributed by atoms with van der Waals surface area (Å²) in [5.74, 6) is -0.216. The number of esters is 1. The predicted octanol–water partition coefficient (Wildman–Crippen LogP) is 2.07. The van der Waals surface area contributed by atoms with Gasteiger partial charge in [0, 0.05) is 6.42 Å². The van der Waals surface area contributed by atoms with Gasteiger partial charge in [0.2, 0.25) is 0 Å². The van der Waals surface area contributed by atoms with Gasteiger partial charge in [-0.3, -0.25) is 9.59 Å². The molecule has 0 saturated carbocycles. The fourth-order valence-electron chi connectivity index (χ4n) is 1.53. The lowest BCUT2D eigenvalue weighted by molar-refractivity contribution is -0.145. The number of ketones is 1. The highest BCUT2D eigenvalue weighted by Gasteiger charge is 2.13. The number of carbonyl (C=O) groups is 2. The normalized spacial score (nSPS) is 12.2. The molecule has 0 fully saturated rings. The summed E-state index contributed by atoms with van der Waals surface area (Å²) in [6.45, 7) is 3.79. The van der Waals surface area contributed by atoms with Crippen molar-refractivity contribution < 1.29 is 14.3 Å². The maximum atomic E-state index is 11.4.